The van der Waals surface area contributed by atoms with Crippen LogP contribution in [0.5, 0.6) is 0 Å². The highest BCUT2D eigenvalue weighted by Gasteiger charge is 2.08. The molecular formula is C14H22N2O. The fourth-order valence-corrected chi connectivity index (χ4v) is 1.82. The van der Waals surface area contributed by atoms with E-state index in [-0.39, 0.29) is 5.91 Å². The molecule has 1 amide bonds. The van der Waals surface area contributed by atoms with Crippen LogP contribution in [0.3, 0.4) is 0 Å². The zero-order valence-corrected chi connectivity index (χ0v) is 11.1. The summed E-state index contributed by atoms with van der Waals surface area (Å²) in [6.45, 7) is 6.38. The summed E-state index contributed by atoms with van der Waals surface area (Å²) in [5.41, 5.74) is 2.93. The third kappa shape index (κ3) is 3.48. The highest BCUT2D eigenvalue weighted by Crippen LogP contribution is 2.19. The van der Waals surface area contributed by atoms with Crippen LogP contribution in [0.1, 0.15) is 42.6 Å². The maximum absolute atomic E-state index is 11.5. The van der Waals surface area contributed by atoms with Crippen molar-refractivity contribution in [3.63, 3.8) is 0 Å². The predicted octanol–water partition coefficient (Wildman–Crippen LogP) is 2.96. The SMILES string of the molecule is CCC(CC)Nc1ccc(C(=O)NC)cc1C. The minimum Gasteiger partial charge on any atom is -0.382 e. The topological polar surface area (TPSA) is 41.1 Å². The lowest BCUT2D eigenvalue weighted by Crippen LogP contribution is -2.19. The van der Waals surface area contributed by atoms with E-state index >= 15 is 0 Å². The van der Waals surface area contributed by atoms with Gasteiger partial charge in [-0.05, 0) is 43.5 Å². The molecule has 0 spiro atoms. The van der Waals surface area contributed by atoms with E-state index in [0.29, 0.717) is 11.6 Å². The molecule has 1 aromatic carbocycles. The first kappa shape index (κ1) is 13.6. The molecular weight excluding hydrogens is 212 g/mol. The first-order valence-corrected chi connectivity index (χ1v) is 6.21. The van der Waals surface area contributed by atoms with E-state index in [2.05, 4.69) is 24.5 Å². The van der Waals surface area contributed by atoms with Crippen LogP contribution >= 0.6 is 0 Å². The zero-order valence-electron chi connectivity index (χ0n) is 11.1. The molecule has 0 fully saturated rings. The molecule has 0 aliphatic carbocycles. The van der Waals surface area contributed by atoms with Gasteiger partial charge in [0, 0.05) is 24.3 Å². The van der Waals surface area contributed by atoms with Crippen LogP contribution in [0.4, 0.5) is 5.69 Å². The van der Waals surface area contributed by atoms with Gasteiger partial charge >= 0.3 is 0 Å². The third-order valence-electron chi connectivity index (χ3n) is 3.06. The number of anilines is 1. The standard InChI is InChI=1S/C14H22N2O/c1-5-12(6-2)16-13-8-7-11(9-10(13)3)14(17)15-4/h7-9,12,16H,5-6H2,1-4H3,(H,15,17). The van der Waals surface area contributed by atoms with E-state index in [1.54, 1.807) is 7.05 Å². The average molecular weight is 234 g/mol. The van der Waals surface area contributed by atoms with E-state index < -0.39 is 0 Å². The van der Waals surface area contributed by atoms with Gasteiger partial charge in [0.15, 0.2) is 0 Å². The fourth-order valence-electron chi connectivity index (χ4n) is 1.82. The zero-order chi connectivity index (χ0) is 12.8. The van der Waals surface area contributed by atoms with Crippen molar-refractivity contribution in [1.29, 1.82) is 0 Å². The van der Waals surface area contributed by atoms with E-state index in [1.807, 2.05) is 25.1 Å². The van der Waals surface area contributed by atoms with Crippen LogP contribution < -0.4 is 10.6 Å². The van der Waals surface area contributed by atoms with Gasteiger partial charge in [0.25, 0.3) is 5.91 Å². The second kappa shape index (κ2) is 6.28. The summed E-state index contributed by atoms with van der Waals surface area (Å²) in [5.74, 6) is -0.0396. The Morgan fingerprint density at radius 2 is 1.94 bits per heavy atom. The summed E-state index contributed by atoms with van der Waals surface area (Å²) < 4.78 is 0. The maximum Gasteiger partial charge on any atom is 0.251 e. The minimum absolute atomic E-state index is 0.0396. The number of benzene rings is 1. The second-order valence-corrected chi connectivity index (χ2v) is 4.27. The van der Waals surface area contributed by atoms with Gasteiger partial charge in [0.2, 0.25) is 0 Å². The molecule has 3 heteroatoms. The monoisotopic (exact) mass is 234 g/mol. The van der Waals surface area contributed by atoms with Gasteiger partial charge in [-0.1, -0.05) is 13.8 Å². The molecule has 0 bridgehead atoms. The first-order chi connectivity index (χ1) is 8.12. The average Bonchev–Trinajstić information content (AvgIpc) is 2.36. The lowest BCUT2D eigenvalue weighted by Gasteiger charge is -2.18. The van der Waals surface area contributed by atoms with Crippen molar-refractivity contribution in [1.82, 2.24) is 5.32 Å². The predicted molar refractivity (Wildman–Crippen MR) is 72.6 cm³/mol. The molecule has 0 saturated carbocycles. The number of rotatable bonds is 5. The van der Waals surface area contributed by atoms with E-state index in [9.17, 15) is 4.79 Å². The van der Waals surface area contributed by atoms with Gasteiger partial charge in [-0.3, -0.25) is 4.79 Å². The Hall–Kier alpha value is -1.51. The Kier molecular flexibility index (Phi) is 5.01. The largest absolute Gasteiger partial charge is 0.382 e. The number of carbonyl (C=O) groups excluding carboxylic acids is 1. The van der Waals surface area contributed by atoms with Crippen molar-refractivity contribution in [2.75, 3.05) is 12.4 Å². The van der Waals surface area contributed by atoms with Crippen LogP contribution in [0, 0.1) is 6.92 Å². The molecule has 0 aliphatic heterocycles. The van der Waals surface area contributed by atoms with Gasteiger partial charge in [-0.25, -0.2) is 0 Å². The smallest absolute Gasteiger partial charge is 0.251 e. The number of carbonyl (C=O) groups is 1. The van der Waals surface area contributed by atoms with Crippen LogP contribution in [0.15, 0.2) is 18.2 Å². The molecule has 94 valence electrons. The van der Waals surface area contributed by atoms with Crippen LogP contribution in [-0.4, -0.2) is 19.0 Å². The maximum atomic E-state index is 11.5. The van der Waals surface area contributed by atoms with E-state index in [1.165, 1.54) is 0 Å². The quantitative estimate of drug-likeness (QED) is 0.822. The second-order valence-electron chi connectivity index (χ2n) is 4.27. The first-order valence-electron chi connectivity index (χ1n) is 6.21. The molecule has 0 aromatic heterocycles. The fraction of sp³-hybridized carbons (Fsp3) is 0.500. The molecule has 1 aromatic rings. The van der Waals surface area contributed by atoms with Gasteiger partial charge in [0.05, 0.1) is 0 Å². The summed E-state index contributed by atoms with van der Waals surface area (Å²) in [4.78, 5) is 11.5. The Morgan fingerprint density at radius 1 is 1.29 bits per heavy atom. The summed E-state index contributed by atoms with van der Waals surface area (Å²) in [5, 5.41) is 6.13. The van der Waals surface area contributed by atoms with Crippen LogP contribution in [-0.2, 0) is 0 Å². The van der Waals surface area contributed by atoms with Crippen molar-refractivity contribution < 1.29 is 4.79 Å². The molecule has 0 heterocycles. The lowest BCUT2D eigenvalue weighted by molar-refractivity contribution is 0.0963. The molecule has 0 atom stereocenters. The number of nitrogens with one attached hydrogen (secondary N) is 2. The number of hydrogen-bond acceptors (Lipinski definition) is 2. The Labute approximate surface area is 104 Å². The van der Waals surface area contributed by atoms with Gasteiger partial charge in [0.1, 0.15) is 0 Å². The minimum atomic E-state index is -0.0396. The van der Waals surface area contributed by atoms with E-state index in [0.717, 1.165) is 24.1 Å². The molecule has 1 rings (SSSR count). The Morgan fingerprint density at radius 3 is 2.41 bits per heavy atom. The van der Waals surface area contributed by atoms with Crippen LogP contribution in [0.25, 0.3) is 0 Å². The van der Waals surface area contributed by atoms with Crippen molar-refractivity contribution in [2.45, 2.75) is 39.7 Å². The van der Waals surface area contributed by atoms with E-state index in [4.69, 9.17) is 0 Å². The van der Waals surface area contributed by atoms with Crippen molar-refractivity contribution in [2.24, 2.45) is 0 Å². The van der Waals surface area contributed by atoms with Crippen molar-refractivity contribution >= 4 is 11.6 Å². The normalized spacial score (nSPS) is 10.4. The summed E-state index contributed by atoms with van der Waals surface area (Å²) >= 11 is 0. The number of aryl methyl sites for hydroxylation is 1. The number of hydrogen-bond donors (Lipinski definition) is 2. The van der Waals surface area contributed by atoms with Crippen LogP contribution in [0.2, 0.25) is 0 Å². The molecule has 0 saturated heterocycles. The Bertz CT molecular complexity index is 384. The summed E-state index contributed by atoms with van der Waals surface area (Å²) in [6.07, 6.45) is 2.21. The van der Waals surface area contributed by atoms with Gasteiger partial charge in [-0.2, -0.15) is 0 Å². The summed E-state index contributed by atoms with van der Waals surface area (Å²) in [7, 11) is 1.65. The molecule has 17 heavy (non-hydrogen) atoms. The lowest BCUT2D eigenvalue weighted by atomic mass is 10.1. The van der Waals surface area contributed by atoms with Gasteiger partial charge in [-0.15, -0.1) is 0 Å². The highest BCUT2D eigenvalue weighted by molar-refractivity contribution is 5.94. The van der Waals surface area contributed by atoms with Gasteiger partial charge < -0.3 is 10.6 Å². The molecule has 3 nitrogen and oxygen atoms in total. The Balaban J connectivity index is 2.86. The summed E-state index contributed by atoms with van der Waals surface area (Å²) in [6, 6.07) is 6.26. The van der Waals surface area contributed by atoms with Crippen molar-refractivity contribution in [3.05, 3.63) is 29.3 Å². The highest BCUT2D eigenvalue weighted by atomic mass is 16.1. The number of amides is 1. The molecule has 0 aliphatic rings. The molecule has 2 N–H and O–H groups in total. The molecule has 0 radical (unpaired) electrons. The third-order valence-corrected chi connectivity index (χ3v) is 3.06. The molecule has 0 unspecified atom stereocenters. The van der Waals surface area contributed by atoms with Crippen molar-refractivity contribution in [3.8, 4) is 0 Å².